The minimum atomic E-state index is -3.00. The van der Waals surface area contributed by atoms with Gasteiger partial charge in [0.25, 0.3) is 11.8 Å². The Balaban J connectivity index is 1.29. The molecule has 262 valence electrons. The number of aliphatic hydroxyl groups is 1. The van der Waals surface area contributed by atoms with E-state index in [9.17, 15) is 24.3 Å². The molecule has 0 bridgehead atoms. The number of fused-ring (bicyclic) bond motifs is 2. The Morgan fingerprint density at radius 3 is 2.51 bits per heavy atom. The van der Waals surface area contributed by atoms with Crippen LogP contribution in [0.1, 0.15) is 44.6 Å². The summed E-state index contributed by atoms with van der Waals surface area (Å²) in [4.78, 5) is 62.1. The van der Waals surface area contributed by atoms with Crippen LogP contribution in [-0.2, 0) is 24.7 Å². The average Bonchev–Trinajstić information content (AvgIpc) is 3.81. The van der Waals surface area contributed by atoms with E-state index in [0.717, 1.165) is 31.6 Å². The van der Waals surface area contributed by atoms with Gasteiger partial charge in [-0.05, 0) is 82.2 Å². The Morgan fingerprint density at radius 1 is 1.10 bits per heavy atom. The van der Waals surface area contributed by atoms with Crippen LogP contribution >= 0.6 is 0 Å². The van der Waals surface area contributed by atoms with Gasteiger partial charge in [-0.25, -0.2) is 0 Å². The van der Waals surface area contributed by atoms with E-state index in [1.165, 1.54) is 0 Å². The Kier molecular flexibility index (Phi) is 8.76. The van der Waals surface area contributed by atoms with Gasteiger partial charge >= 0.3 is 0 Å². The molecule has 49 heavy (non-hydrogen) atoms. The standard InChI is InChI=1S/C37H49N5O6Si/c1-5-19-40-30-14-13-27(41-24-42(26-10-7-6-8-11-26)36(34(41)45)15-17-38-18-16-36)21-29(30)37(35(40)46)25(2)33(49(3,4)47)31(48-37)22-32(44)39-20-9-12-28(39)23-43/h5-8,10-11,13-14,21,25,28,31,33,38,43,47H,1,9,12,15-20,22-24H2,2-4H3/t25-,28+,31+,33-,37+/m1/s1. The number of carbonyl (C=O) groups excluding carboxylic acids is 3. The molecule has 2 aromatic rings. The highest BCUT2D eigenvalue weighted by Crippen LogP contribution is 2.60. The second-order valence-corrected chi connectivity index (χ2v) is 18.9. The third-order valence-corrected chi connectivity index (χ3v) is 14.3. The maximum absolute atomic E-state index is 14.7. The zero-order valence-corrected chi connectivity index (χ0v) is 29.8. The molecular formula is C37H49N5O6Si. The molecule has 3 amide bonds. The van der Waals surface area contributed by atoms with Crippen LogP contribution in [0.3, 0.4) is 0 Å². The number of hydrogen-bond donors (Lipinski definition) is 3. The van der Waals surface area contributed by atoms with Crippen LogP contribution in [0.25, 0.3) is 0 Å². The number of piperidine rings is 1. The highest BCUT2D eigenvalue weighted by atomic mass is 28.4. The van der Waals surface area contributed by atoms with Gasteiger partial charge in [0.1, 0.15) is 5.54 Å². The minimum absolute atomic E-state index is 0.0151. The number of anilines is 3. The molecule has 4 saturated heterocycles. The quantitative estimate of drug-likeness (QED) is 0.285. The Labute approximate surface area is 289 Å². The molecule has 0 aliphatic carbocycles. The second kappa shape index (κ2) is 12.6. The summed E-state index contributed by atoms with van der Waals surface area (Å²) in [6.45, 7) is 12.2. The lowest BCUT2D eigenvalue weighted by Gasteiger charge is -2.39. The van der Waals surface area contributed by atoms with Crippen molar-refractivity contribution >= 4 is 43.1 Å². The number of nitrogens with one attached hydrogen (secondary N) is 1. The maximum atomic E-state index is 14.7. The number of carbonyl (C=O) groups is 3. The molecule has 11 nitrogen and oxygen atoms in total. The zero-order chi connectivity index (χ0) is 34.7. The van der Waals surface area contributed by atoms with Gasteiger partial charge in [-0.15, -0.1) is 6.58 Å². The van der Waals surface area contributed by atoms with Crippen molar-refractivity contribution in [1.29, 1.82) is 0 Å². The lowest BCUT2D eigenvalue weighted by atomic mass is 9.82. The monoisotopic (exact) mass is 687 g/mol. The number of ether oxygens (including phenoxy) is 1. The molecule has 0 unspecified atom stereocenters. The van der Waals surface area contributed by atoms with Gasteiger partial charge in [0.05, 0.1) is 37.5 Å². The normalized spacial score (nSPS) is 29.5. The van der Waals surface area contributed by atoms with E-state index in [2.05, 4.69) is 16.8 Å². The van der Waals surface area contributed by atoms with E-state index in [1.807, 2.05) is 73.4 Å². The van der Waals surface area contributed by atoms with Gasteiger partial charge in [-0.3, -0.25) is 19.3 Å². The molecule has 7 rings (SSSR count). The number of para-hydroxylation sites is 1. The maximum Gasteiger partial charge on any atom is 0.264 e. The van der Waals surface area contributed by atoms with Crippen LogP contribution in [-0.4, -0.2) is 98.0 Å². The van der Waals surface area contributed by atoms with Gasteiger partial charge in [0.15, 0.2) is 13.9 Å². The highest BCUT2D eigenvalue weighted by Gasteiger charge is 2.67. The van der Waals surface area contributed by atoms with E-state index in [-0.39, 0.29) is 43.3 Å². The molecule has 0 aromatic heterocycles. The first-order valence-corrected chi connectivity index (χ1v) is 20.7. The molecule has 4 fully saturated rings. The van der Waals surface area contributed by atoms with E-state index < -0.39 is 37.0 Å². The van der Waals surface area contributed by atoms with E-state index in [0.29, 0.717) is 43.0 Å². The second-order valence-electron chi connectivity index (χ2n) is 15.0. The summed E-state index contributed by atoms with van der Waals surface area (Å²) in [6.07, 6.45) is 3.94. The molecule has 5 aliphatic rings. The number of benzene rings is 2. The summed E-state index contributed by atoms with van der Waals surface area (Å²) in [5.41, 5.74) is 0.459. The predicted octanol–water partition coefficient (Wildman–Crippen LogP) is 3.32. The first-order chi connectivity index (χ1) is 23.5. The third kappa shape index (κ3) is 5.25. The summed E-state index contributed by atoms with van der Waals surface area (Å²) in [5, 5.41) is 13.3. The summed E-state index contributed by atoms with van der Waals surface area (Å²) < 4.78 is 6.94. The SMILES string of the molecule is C=CCN1C(=O)[C@@]2(O[C@@H](CC(=O)N3CCC[C@H]3CO)[C@H]([Si](C)(C)O)[C@H]2C)c2cc(N3CN(c4ccccc4)C4(CCNCC4)C3=O)ccc21. The van der Waals surface area contributed by atoms with Crippen molar-refractivity contribution in [3.63, 3.8) is 0 Å². The highest BCUT2D eigenvalue weighted by molar-refractivity contribution is 6.71. The van der Waals surface area contributed by atoms with Gasteiger partial charge in [0.2, 0.25) is 5.91 Å². The number of nitrogens with zero attached hydrogens (tertiary/aromatic N) is 4. The summed E-state index contributed by atoms with van der Waals surface area (Å²) >= 11 is 0. The Bertz CT molecular complexity index is 1630. The van der Waals surface area contributed by atoms with Crippen molar-refractivity contribution in [2.24, 2.45) is 5.92 Å². The molecule has 0 radical (unpaired) electrons. The molecule has 0 saturated carbocycles. The van der Waals surface area contributed by atoms with Gasteiger partial charge in [0, 0.05) is 41.5 Å². The predicted molar refractivity (Wildman–Crippen MR) is 191 cm³/mol. The van der Waals surface area contributed by atoms with Crippen LogP contribution in [0.5, 0.6) is 0 Å². The molecule has 5 heterocycles. The first-order valence-electron chi connectivity index (χ1n) is 17.7. The number of rotatable bonds is 8. The molecule has 2 aromatic carbocycles. The average molecular weight is 688 g/mol. The molecule has 5 aliphatic heterocycles. The van der Waals surface area contributed by atoms with E-state index >= 15 is 0 Å². The Hall–Kier alpha value is -3.55. The first kappa shape index (κ1) is 33.9. The molecule has 2 spiro atoms. The number of hydrogen-bond acceptors (Lipinski definition) is 8. The Morgan fingerprint density at radius 2 is 1.84 bits per heavy atom. The summed E-state index contributed by atoms with van der Waals surface area (Å²) in [7, 11) is -3.00. The van der Waals surface area contributed by atoms with Crippen molar-refractivity contribution in [2.75, 3.05) is 54.2 Å². The van der Waals surface area contributed by atoms with Crippen LogP contribution in [0.2, 0.25) is 18.6 Å². The summed E-state index contributed by atoms with van der Waals surface area (Å²) in [6, 6.07) is 15.6. The fourth-order valence-electron chi connectivity index (χ4n) is 9.55. The van der Waals surface area contributed by atoms with E-state index in [4.69, 9.17) is 4.74 Å². The molecule has 5 atom stereocenters. The topological polar surface area (TPSA) is 126 Å². The van der Waals surface area contributed by atoms with Gasteiger partial charge < -0.3 is 34.7 Å². The van der Waals surface area contributed by atoms with E-state index in [1.54, 1.807) is 15.9 Å². The number of amides is 3. The molecule has 3 N–H and O–H groups in total. The van der Waals surface area contributed by atoms with Crippen molar-refractivity contribution in [3.8, 4) is 0 Å². The van der Waals surface area contributed by atoms with Crippen LogP contribution in [0.4, 0.5) is 17.1 Å². The van der Waals surface area contributed by atoms with Gasteiger partial charge in [-0.1, -0.05) is 31.2 Å². The lowest BCUT2D eigenvalue weighted by molar-refractivity contribution is -0.149. The van der Waals surface area contributed by atoms with Gasteiger partial charge in [-0.2, -0.15) is 0 Å². The van der Waals surface area contributed by atoms with Crippen LogP contribution in [0, 0.1) is 5.92 Å². The lowest BCUT2D eigenvalue weighted by Crippen LogP contribution is -2.55. The smallest absolute Gasteiger partial charge is 0.264 e. The van der Waals surface area contributed by atoms with Crippen LogP contribution < -0.4 is 20.0 Å². The molecular weight excluding hydrogens is 639 g/mol. The minimum Gasteiger partial charge on any atom is -0.432 e. The fraction of sp³-hybridized carbons (Fsp3) is 0.541. The third-order valence-electron chi connectivity index (χ3n) is 11.8. The van der Waals surface area contributed by atoms with Crippen LogP contribution in [0.15, 0.2) is 61.2 Å². The van der Waals surface area contributed by atoms with Crippen molar-refractivity contribution in [3.05, 3.63) is 66.7 Å². The number of aliphatic hydroxyl groups excluding tert-OH is 1. The largest absolute Gasteiger partial charge is 0.432 e. The number of likely N-dealkylation sites (tertiary alicyclic amines) is 1. The molecule has 12 heteroatoms. The van der Waals surface area contributed by atoms with Crippen molar-refractivity contribution < 1.29 is 29.0 Å². The zero-order valence-electron chi connectivity index (χ0n) is 28.8. The fourth-order valence-corrected chi connectivity index (χ4v) is 12.1. The van der Waals surface area contributed by atoms with Crippen molar-refractivity contribution in [2.45, 2.75) is 80.9 Å². The van der Waals surface area contributed by atoms with Crippen molar-refractivity contribution in [1.82, 2.24) is 10.2 Å². The summed E-state index contributed by atoms with van der Waals surface area (Å²) in [5.74, 6) is -0.791.